The number of carbonyl (C=O) groups is 1. The Bertz CT molecular complexity index is 684. The van der Waals surface area contributed by atoms with Gasteiger partial charge in [-0.25, -0.2) is 0 Å². The summed E-state index contributed by atoms with van der Waals surface area (Å²) in [6.45, 7) is 3.27. The molecular formula is C13H13F3N4O2. The Morgan fingerprint density at radius 1 is 1.36 bits per heavy atom. The SMILES string of the molecule is CC(C(N)=O)[C@H](C)c1nc(-c2ccnc(C(F)(F)F)c2)no1. The molecule has 0 spiro atoms. The van der Waals surface area contributed by atoms with E-state index in [4.69, 9.17) is 10.3 Å². The van der Waals surface area contributed by atoms with Crippen molar-refractivity contribution in [1.82, 2.24) is 15.1 Å². The van der Waals surface area contributed by atoms with Gasteiger partial charge >= 0.3 is 6.18 Å². The van der Waals surface area contributed by atoms with Gasteiger partial charge in [-0.15, -0.1) is 0 Å². The summed E-state index contributed by atoms with van der Waals surface area (Å²) in [5.74, 6) is -1.40. The smallest absolute Gasteiger partial charge is 0.369 e. The first-order valence-electron chi connectivity index (χ1n) is 6.36. The van der Waals surface area contributed by atoms with Gasteiger partial charge in [0.15, 0.2) is 0 Å². The van der Waals surface area contributed by atoms with Gasteiger partial charge in [0.1, 0.15) is 5.69 Å². The lowest BCUT2D eigenvalue weighted by atomic mass is 9.95. The van der Waals surface area contributed by atoms with Gasteiger partial charge in [0.2, 0.25) is 17.6 Å². The van der Waals surface area contributed by atoms with Crippen LogP contribution in [-0.4, -0.2) is 21.0 Å². The van der Waals surface area contributed by atoms with Crippen LogP contribution in [0.5, 0.6) is 0 Å². The van der Waals surface area contributed by atoms with Gasteiger partial charge in [0, 0.05) is 23.6 Å². The zero-order valence-electron chi connectivity index (χ0n) is 11.8. The first-order valence-corrected chi connectivity index (χ1v) is 6.36. The van der Waals surface area contributed by atoms with E-state index >= 15 is 0 Å². The Morgan fingerprint density at radius 3 is 2.64 bits per heavy atom. The lowest BCUT2D eigenvalue weighted by molar-refractivity contribution is -0.141. The topological polar surface area (TPSA) is 94.9 Å². The molecular weight excluding hydrogens is 301 g/mol. The number of carbonyl (C=O) groups excluding carboxylic acids is 1. The molecule has 6 nitrogen and oxygen atoms in total. The Hall–Kier alpha value is -2.45. The van der Waals surface area contributed by atoms with Crippen LogP contribution in [-0.2, 0) is 11.0 Å². The second kappa shape index (κ2) is 5.74. The number of nitrogens with two attached hydrogens (primary N) is 1. The molecule has 0 aromatic carbocycles. The van der Waals surface area contributed by atoms with Crippen LogP contribution in [0.3, 0.4) is 0 Å². The second-order valence-electron chi connectivity index (χ2n) is 4.86. The molecule has 0 saturated heterocycles. The number of nitrogens with zero attached hydrogens (tertiary/aromatic N) is 3. The summed E-state index contributed by atoms with van der Waals surface area (Å²) >= 11 is 0. The normalized spacial score (nSPS) is 14.6. The van der Waals surface area contributed by atoms with Crippen LogP contribution in [0.4, 0.5) is 13.2 Å². The molecule has 0 aliphatic carbocycles. The number of primary amides is 1. The summed E-state index contributed by atoms with van der Waals surface area (Å²) in [4.78, 5) is 18.4. The second-order valence-corrected chi connectivity index (χ2v) is 4.86. The molecule has 0 saturated carbocycles. The molecule has 2 aromatic rings. The highest BCUT2D eigenvalue weighted by Crippen LogP contribution is 2.30. The molecule has 0 aliphatic heterocycles. The highest BCUT2D eigenvalue weighted by Gasteiger charge is 2.33. The zero-order chi connectivity index (χ0) is 16.5. The Kier molecular flexibility index (Phi) is 4.16. The van der Waals surface area contributed by atoms with Gasteiger partial charge in [-0.05, 0) is 12.1 Å². The molecule has 2 N–H and O–H groups in total. The fourth-order valence-electron chi connectivity index (χ4n) is 1.72. The molecule has 1 amide bonds. The van der Waals surface area contributed by atoms with Gasteiger partial charge in [-0.1, -0.05) is 19.0 Å². The van der Waals surface area contributed by atoms with Crippen LogP contribution < -0.4 is 5.73 Å². The Balaban J connectivity index is 2.31. The number of halogens is 3. The zero-order valence-corrected chi connectivity index (χ0v) is 11.8. The molecule has 2 rings (SSSR count). The lowest BCUT2D eigenvalue weighted by Crippen LogP contribution is -2.25. The molecule has 0 fully saturated rings. The third-order valence-corrected chi connectivity index (χ3v) is 3.34. The van der Waals surface area contributed by atoms with Gasteiger partial charge in [0.05, 0.1) is 0 Å². The third kappa shape index (κ3) is 3.23. The predicted octanol–water partition coefficient (Wildman–Crippen LogP) is 2.38. The maximum atomic E-state index is 12.6. The van der Waals surface area contributed by atoms with Crippen molar-refractivity contribution in [3.8, 4) is 11.4 Å². The standard InChI is InChI=1S/C13H13F3N4O2/c1-6(10(17)21)7(2)12-19-11(20-22-12)8-3-4-18-9(5-8)13(14,15)16/h3-7H,1-2H3,(H2,17,21)/t6?,7-/m0/s1. The monoisotopic (exact) mass is 314 g/mol. The van der Waals surface area contributed by atoms with Crippen molar-refractivity contribution in [2.75, 3.05) is 0 Å². The van der Waals surface area contributed by atoms with Crippen molar-refractivity contribution in [1.29, 1.82) is 0 Å². The molecule has 118 valence electrons. The van der Waals surface area contributed by atoms with Gasteiger partial charge in [-0.2, -0.15) is 18.2 Å². The fraction of sp³-hybridized carbons (Fsp3) is 0.385. The minimum absolute atomic E-state index is 0.00794. The highest BCUT2D eigenvalue weighted by atomic mass is 19.4. The van der Waals surface area contributed by atoms with Crippen LogP contribution in [0.25, 0.3) is 11.4 Å². The van der Waals surface area contributed by atoms with Gasteiger partial charge in [0.25, 0.3) is 0 Å². The Labute approximate surface area is 123 Å². The number of pyridine rings is 1. The highest BCUT2D eigenvalue weighted by molar-refractivity contribution is 5.77. The van der Waals surface area contributed by atoms with Crippen LogP contribution >= 0.6 is 0 Å². The van der Waals surface area contributed by atoms with Crippen molar-refractivity contribution >= 4 is 5.91 Å². The summed E-state index contributed by atoms with van der Waals surface area (Å²) in [6.07, 6.45) is -3.54. The lowest BCUT2D eigenvalue weighted by Gasteiger charge is -2.11. The molecule has 0 aliphatic rings. The molecule has 2 heterocycles. The minimum Gasteiger partial charge on any atom is -0.369 e. The van der Waals surface area contributed by atoms with Crippen molar-refractivity contribution in [2.45, 2.75) is 25.9 Å². The van der Waals surface area contributed by atoms with Crippen molar-refractivity contribution < 1.29 is 22.5 Å². The summed E-state index contributed by atoms with van der Waals surface area (Å²) in [5.41, 5.74) is 4.27. The van der Waals surface area contributed by atoms with E-state index in [1.54, 1.807) is 13.8 Å². The summed E-state index contributed by atoms with van der Waals surface area (Å²) in [7, 11) is 0. The van der Waals surface area contributed by atoms with E-state index in [0.717, 1.165) is 12.3 Å². The van der Waals surface area contributed by atoms with E-state index in [1.807, 2.05) is 0 Å². The van der Waals surface area contributed by atoms with E-state index in [0.29, 0.717) is 0 Å². The maximum Gasteiger partial charge on any atom is 0.433 e. The first kappa shape index (κ1) is 15.9. The van der Waals surface area contributed by atoms with Crippen LogP contribution in [0.15, 0.2) is 22.9 Å². The number of hydrogen-bond acceptors (Lipinski definition) is 5. The summed E-state index contributed by atoms with van der Waals surface area (Å²) in [6, 6.07) is 2.17. The number of amides is 1. The van der Waals surface area contributed by atoms with E-state index < -0.39 is 29.6 Å². The summed E-state index contributed by atoms with van der Waals surface area (Å²) in [5, 5.41) is 3.64. The fourth-order valence-corrected chi connectivity index (χ4v) is 1.72. The molecule has 2 atom stereocenters. The molecule has 9 heteroatoms. The van der Waals surface area contributed by atoms with Crippen LogP contribution in [0, 0.1) is 5.92 Å². The maximum absolute atomic E-state index is 12.6. The minimum atomic E-state index is -4.56. The molecule has 22 heavy (non-hydrogen) atoms. The van der Waals surface area contributed by atoms with Crippen molar-refractivity contribution in [3.05, 3.63) is 29.9 Å². The number of alkyl halides is 3. The first-order chi connectivity index (χ1) is 10.2. The van der Waals surface area contributed by atoms with Crippen LogP contribution in [0.2, 0.25) is 0 Å². The van der Waals surface area contributed by atoms with E-state index in [-0.39, 0.29) is 17.3 Å². The predicted molar refractivity (Wildman–Crippen MR) is 69.3 cm³/mol. The Morgan fingerprint density at radius 2 is 2.05 bits per heavy atom. The third-order valence-electron chi connectivity index (χ3n) is 3.34. The molecule has 2 aromatic heterocycles. The molecule has 0 bridgehead atoms. The average Bonchev–Trinajstić information content (AvgIpc) is 2.94. The quantitative estimate of drug-likeness (QED) is 0.935. The van der Waals surface area contributed by atoms with E-state index in [1.165, 1.54) is 6.07 Å². The molecule has 0 radical (unpaired) electrons. The van der Waals surface area contributed by atoms with E-state index in [2.05, 4.69) is 15.1 Å². The average molecular weight is 314 g/mol. The largest absolute Gasteiger partial charge is 0.433 e. The van der Waals surface area contributed by atoms with E-state index in [9.17, 15) is 18.0 Å². The van der Waals surface area contributed by atoms with Gasteiger partial charge < -0.3 is 10.3 Å². The summed E-state index contributed by atoms with van der Waals surface area (Å²) < 4.78 is 42.9. The number of aromatic nitrogens is 3. The number of rotatable bonds is 4. The number of hydrogen-bond donors (Lipinski definition) is 1. The van der Waals surface area contributed by atoms with Crippen LogP contribution in [0.1, 0.15) is 31.4 Å². The van der Waals surface area contributed by atoms with Crippen molar-refractivity contribution in [3.63, 3.8) is 0 Å². The van der Waals surface area contributed by atoms with Crippen molar-refractivity contribution in [2.24, 2.45) is 11.7 Å². The molecule has 1 unspecified atom stereocenters. The van der Waals surface area contributed by atoms with Gasteiger partial charge in [-0.3, -0.25) is 9.78 Å².